The van der Waals surface area contributed by atoms with Crippen LogP contribution in [0.25, 0.3) is 0 Å². The van der Waals surface area contributed by atoms with Crippen molar-refractivity contribution in [1.29, 1.82) is 0 Å². The average molecular weight is 215 g/mol. The van der Waals surface area contributed by atoms with Crippen LogP contribution in [-0.2, 0) is 4.74 Å². The minimum absolute atomic E-state index is 0.511. The van der Waals surface area contributed by atoms with Gasteiger partial charge in [0.2, 0.25) is 0 Å². The smallest absolute Gasteiger partial charge is 0.0815 e. The number of hydrogen-bond donors (Lipinski definition) is 2. The monoisotopic (exact) mass is 215 g/mol. The van der Waals surface area contributed by atoms with E-state index in [0.29, 0.717) is 13.2 Å². The second kappa shape index (κ2) is 7.20. The van der Waals surface area contributed by atoms with E-state index in [0.717, 1.165) is 25.9 Å². The van der Waals surface area contributed by atoms with Crippen molar-refractivity contribution in [2.24, 2.45) is 0 Å². The number of unbranched alkanes of at least 4 members (excludes halogenated alkanes) is 3. The molecule has 1 aliphatic rings. The maximum Gasteiger partial charge on any atom is 0.0815 e. The van der Waals surface area contributed by atoms with Crippen molar-refractivity contribution in [1.82, 2.24) is 5.32 Å². The Hall–Kier alpha value is -0.120. The number of hydrogen-bond acceptors (Lipinski definition) is 3. The van der Waals surface area contributed by atoms with Gasteiger partial charge in [0.25, 0.3) is 0 Å². The van der Waals surface area contributed by atoms with Crippen LogP contribution in [0.5, 0.6) is 0 Å². The molecule has 2 N–H and O–H groups in total. The van der Waals surface area contributed by atoms with E-state index in [1.165, 1.54) is 25.7 Å². The molecule has 0 aromatic rings. The van der Waals surface area contributed by atoms with Gasteiger partial charge < -0.3 is 15.2 Å². The van der Waals surface area contributed by atoms with Crippen molar-refractivity contribution in [2.45, 2.75) is 51.0 Å². The molecule has 0 aromatic carbocycles. The Kier molecular flexibility index (Phi) is 6.22. The molecule has 1 rings (SSSR count). The van der Waals surface area contributed by atoms with Gasteiger partial charge in [-0.25, -0.2) is 0 Å². The lowest BCUT2D eigenvalue weighted by molar-refractivity contribution is -0.0614. The quantitative estimate of drug-likeness (QED) is 0.635. The molecule has 0 spiro atoms. The molecule has 0 saturated carbocycles. The highest BCUT2D eigenvalue weighted by molar-refractivity contribution is 4.83. The second-order valence-electron chi connectivity index (χ2n) is 4.57. The standard InChI is InChI=1S/C12H25NO2/c1-2-3-4-5-8-13-11-12(14)6-9-15-10-7-12/h13-14H,2-11H2,1H3. The third-order valence-corrected chi connectivity index (χ3v) is 3.08. The predicted molar refractivity (Wildman–Crippen MR) is 62.0 cm³/mol. The van der Waals surface area contributed by atoms with Gasteiger partial charge in [-0.2, -0.15) is 0 Å². The Labute approximate surface area is 93.2 Å². The van der Waals surface area contributed by atoms with Crippen LogP contribution in [0, 0.1) is 0 Å². The molecule has 90 valence electrons. The summed E-state index contributed by atoms with van der Waals surface area (Å²) >= 11 is 0. The van der Waals surface area contributed by atoms with E-state index in [1.54, 1.807) is 0 Å². The zero-order valence-corrected chi connectivity index (χ0v) is 9.93. The van der Waals surface area contributed by atoms with Crippen LogP contribution < -0.4 is 5.32 Å². The van der Waals surface area contributed by atoms with Crippen molar-refractivity contribution in [3.63, 3.8) is 0 Å². The molecule has 1 aliphatic heterocycles. The van der Waals surface area contributed by atoms with Crippen LogP contribution in [0.1, 0.15) is 45.4 Å². The summed E-state index contributed by atoms with van der Waals surface area (Å²) in [6, 6.07) is 0. The second-order valence-corrected chi connectivity index (χ2v) is 4.57. The molecule has 15 heavy (non-hydrogen) atoms. The summed E-state index contributed by atoms with van der Waals surface area (Å²) in [6.07, 6.45) is 6.66. The molecule has 0 unspecified atom stereocenters. The highest BCUT2D eigenvalue weighted by Crippen LogP contribution is 2.19. The van der Waals surface area contributed by atoms with Crippen molar-refractivity contribution >= 4 is 0 Å². The SMILES string of the molecule is CCCCCCNCC1(O)CCOCC1. The van der Waals surface area contributed by atoms with Gasteiger partial charge in [0.05, 0.1) is 5.60 Å². The first-order valence-electron chi connectivity index (χ1n) is 6.28. The maximum absolute atomic E-state index is 10.1. The van der Waals surface area contributed by atoms with Gasteiger partial charge in [-0.3, -0.25) is 0 Å². The number of ether oxygens (including phenoxy) is 1. The van der Waals surface area contributed by atoms with Crippen molar-refractivity contribution < 1.29 is 9.84 Å². The molecule has 3 heteroatoms. The maximum atomic E-state index is 10.1. The van der Waals surface area contributed by atoms with Gasteiger partial charge in [-0.15, -0.1) is 0 Å². The predicted octanol–water partition coefficient (Wildman–Crippen LogP) is 1.70. The third-order valence-electron chi connectivity index (χ3n) is 3.08. The molecule has 0 aliphatic carbocycles. The van der Waals surface area contributed by atoms with Gasteiger partial charge in [0.1, 0.15) is 0 Å². The molecule has 0 atom stereocenters. The lowest BCUT2D eigenvalue weighted by atomic mass is 9.94. The highest BCUT2D eigenvalue weighted by atomic mass is 16.5. The molecular formula is C12H25NO2. The number of nitrogens with one attached hydrogen (secondary N) is 1. The van der Waals surface area contributed by atoms with E-state index in [9.17, 15) is 5.11 Å². The van der Waals surface area contributed by atoms with Gasteiger partial charge in [-0.1, -0.05) is 26.2 Å². The van der Waals surface area contributed by atoms with Crippen LogP contribution >= 0.6 is 0 Å². The van der Waals surface area contributed by atoms with Crippen LogP contribution in [-0.4, -0.2) is 37.0 Å². The molecule has 1 saturated heterocycles. The number of rotatable bonds is 7. The van der Waals surface area contributed by atoms with Crippen molar-refractivity contribution in [3.05, 3.63) is 0 Å². The van der Waals surface area contributed by atoms with Crippen LogP contribution in [0.3, 0.4) is 0 Å². The summed E-state index contributed by atoms with van der Waals surface area (Å²) in [4.78, 5) is 0. The summed E-state index contributed by atoms with van der Waals surface area (Å²) in [7, 11) is 0. The van der Waals surface area contributed by atoms with Gasteiger partial charge >= 0.3 is 0 Å². The molecule has 1 heterocycles. The molecule has 0 bridgehead atoms. The first-order valence-corrected chi connectivity index (χ1v) is 6.28. The van der Waals surface area contributed by atoms with E-state index >= 15 is 0 Å². The fourth-order valence-electron chi connectivity index (χ4n) is 1.93. The van der Waals surface area contributed by atoms with Gasteiger partial charge in [-0.05, 0) is 13.0 Å². The molecule has 0 amide bonds. The van der Waals surface area contributed by atoms with Gasteiger partial charge in [0.15, 0.2) is 0 Å². The molecule has 1 fully saturated rings. The molecular weight excluding hydrogens is 190 g/mol. The normalized spacial score (nSPS) is 20.4. The lowest BCUT2D eigenvalue weighted by Crippen LogP contribution is -2.45. The Balaban J connectivity index is 1.98. The average Bonchev–Trinajstić information content (AvgIpc) is 2.24. The first kappa shape index (κ1) is 12.9. The van der Waals surface area contributed by atoms with E-state index in [-0.39, 0.29) is 0 Å². The molecule has 3 nitrogen and oxygen atoms in total. The van der Waals surface area contributed by atoms with Crippen molar-refractivity contribution in [3.8, 4) is 0 Å². The minimum Gasteiger partial charge on any atom is -0.388 e. The van der Waals surface area contributed by atoms with Crippen LogP contribution in [0.15, 0.2) is 0 Å². The summed E-state index contributed by atoms with van der Waals surface area (Å²) in [5, 5.41) is 13.5. The molecule has 0 radical (unpaired) electrons. The van der Waals surface area contributed by atoms with E-state index in [4.69, 9.17) is 4.74 Å². The van der Waals surface area contributed by atoms with Crippen LogP contribution in [0.2, 0.25) is 0 Å². The fraction of sp³-hybridized carbons (Fsp3) is 1.00. The summed E-state index contributed by atoms with van der Waals surface area (Å²) in [6.45, 7) is 5.38. The van der Waals surface area contributed by atoms with E-state index in [1.807, 2.05) is 0 Å². The van der Waals surface area contributed by atoms with E-state index in [2.05, 4.69) is 12.2 Å². The largest absolute Gasteiger partial charge is 0.388 e. The Morgan fingerprint density at radius 1 is 1.20 bits per heavy atom. The highest BCUT2D eigenvalue weighted by Gasteiger charge is 2.28. The van der Waals surface area contributed by atoms with Gasteiger partial charge in [0, 0.05) is 32.6 Å². The first-order chi connectivity index (χ1) is 7.27. The fourth-order valence-corrected chi connectivity index (χ4v) is 1.93. The Bertz CT molecular complexity index is 156. The zero-order chi connectivity index (χ0) is 11.0. The topological polar surface area (TPSA) is 41.5 Å². The lowest BCUT2D eigenvalue weighted by Gasteiger charge is -2.32. The summed E-state index contributed by atoms with van der Waals surface area (Å²) in [5.74, 6) is 0. The summed E-state index contributed by atoms with van der Waals surface area (Å²) < 4.78 is 5.24. The Morgan fingerprint density at radius 3 is 2.60 bits per heavy atom. The number of aliphatic hydroxyl groups is 1. The Morgan fingerprint density at radius 2 is 1.93 bits per heavy atom. The van der Waals surface area contributed by atoms with Crippen molar-refractivity contribution in [2.75, 3.05) is 26.3 Å². The molecule has 0 aromatic heterocycles. The van der Waals surface area contributed by atoms with E-state index < -0.39 is 5.60 Å². The summed E-state index contributed by atoms with van der Waals surface area (Å²) in [5.41, 5.74) is -0.511. The minimum atomic E-state index is -0.511. The van der Waals surface area contributed by atoms with Crippen LogP contribution in [0.4, 0.5) is 0 Å². The zero-order valence-electron chi connectivity index (χ0n) is 9.93. The third kappa shape index (κ3) is 5.50.